The van der Waals surface area contributed by atoms with E-state index in [1.807, 2.05) is 0 Å². The highest BCUT2D eigenvalue weighted by Gasteiger charge is 2.32. The van der Waals surface area contributed by atoms with Gasteiger partial charge in [0.15, 0.2) is 5.82 Å². The van der Waals surface area contributed by atoms with E-state index < -0.39 is 38.5 Å². The Morgan fingerprint density at radius 1 is 0.914 bits per heavy atom. The summed E-state index contributed by atoms with van der Waals surface area (Å²) >= 11 is 0. The lowest BCUT2D eigenvalue weighted by atomic mass is 10.1. The summed E-state index contributed by atoms with van der Waals surface area (Å²) in [6, 6.07) is 8.36. The SMILES string of the molecule is Cc1cnc([C@@H](C)[C@H](C)S(=O)(=O)Nc2nnc(-c3cccc(C)n3)n2-c2c(F)cccc2F)cn1. The lowest BCUT2D eigenvalue weighted by Crippen LogP contribution is -2.31. The highest BCUT2D eigenvalue weighted by molar-refractivity contribution is 7.93. The number of pyridine rings is 1. The Morgan fingerprint density at radius 3 is 2.23 bits per heavy atom. The van der Waals surface area contributed by atoms with Crippen molar-refractivity contribution >= 4 is 16.0 Å². The summed E-state index contributed by atoms with van der Waals surface area (Å²) in [7, 11) is -4.11. The minimum atomic E-state index is -4.11. The molecule has 0 amide bonds. The molecule has 3 heterocycles. The quantitative estimate of drug-likeness (QED) is 0.409. The average Bonchev–Trinajstić information content (AvgIpc) is 3.21. The predicted molar refractivity (Wildman–Crippen MR) is 126 cm³/mol. The van der Waals surface area contributed by atoms with Gasteiger partial charge < -0.3 is 0 Å². The Balaban J connectivity index is 1.79. The topological polar surface area (TPSA) is 116 Å². The van der Waals surface area contributed by atoms with E-state index in [4.69, 9.17) is 0 Å². The second kappa shape index (κ2) is 9.45. The summed E-state index contributed by atoms with van der Waals surface area (Å²) in [5.41, 5.74) is 1.56. The van der Waals surface area contributed by atoms with Crippen LogP contribution in [0.1, 0.15) is 36.8 Å². The number of nitrogens with one attached hydrogen (secondary N) is 1. The molecule has 2 atom stereocenters. The fourth-order valence-corrected chi connectivity index (χ4v) is 4.71. The Labute approximate surface area is 201 Å². The van der Waals surface area contributed by atoms with Gasteiger partial charge in [-0.05, 0) is 45.0 Å². The molecule has 0 saturated carbocycles. The Bertz CT molecular complexity index is 1450. The summed E-state index contributed by atoms with van der Waals surface area (Å²) in [6.07, 6.45) is 3.07. The largest absolute Gasteiger partial charge is 0.258 e. The number of rotatable bonds is 7. The number of para-hydroxylation sites is 1. The number of aryl methyl sites for hydroxylation is 2. The first kappa shape index (κ1) is 24.3. The monoisotopic (exact) mass is 499 g/mol. The maximum absolute atomic E-state index is 14.8. The molecule has 0 bridgehead atoms. The van der Waals surface area contributed by atoms with Crippen molar-refractivity contribution in [3.63, 3.8) is 0 Å². The normalized spacial score (nSPS) is 13.4. The second-order valence-corrected chi connectivity index (χ2v) is 10.2. The van der Waals surface area contributed by atoms with Crippen molar-refractivity contribution in [2.45, 2.75) is 38.9 Å². The molecule has 1 N–H and O–H groups in total. The standard InChI is InChI=1S/C23H23F2N7O2S/c1-13-7-5-10-19(28-13)22-29-30-23(32(22)21-17(24)8-6-9-18(21)25)31-35(33,34)16(4)15(3)20-12-26-14(2)11-27-20/h5-12,15-16H,1-4H3,(H,30,31)/t15-,16-/m0/s1. The number of hydrogen-bond donors (Lipinski definition) is 1. The molecule has 182 valence electrons. The molecule has 0 fully saturated rings. The molecule has 0 aliphatic carbocycles. The van der Waals surface area contributed by atoms with Gasteiger partial charge >= 0.3 is 0 Å². The van der Waals surface area contributed by atoms with Crippen LogP contribution in [0.5, 0.6) is 0 Å². The van der Waals surface area contributed by atoms with Crippen LogP contribution in [-0.2, 0) is 10.0 Å². The van der Waals surface area contributed by atoms with Gasteiger partial charge in [0, 0.05) is 24.0 Å². The number of sulfonamides is 1. The third kappa shape index (κ3) is 4.87. The highest BCUT2D eigenvalue weighted by atomic mass is 32.2. The summed E-state index contributed by atoms with van der Waals surface area (Å²) in [6.45, 7) is 6.72. The van der Waals surface area contributed by atoms with Gasteiger partial charge in [0.2, 0.25) is 16.0 Å². The van der Waals surface area contributed by atoms with Crippen molar-refractivity contribution in [3.8, 4) is 17.2 Å². The molecule has 0 spiro atoms. The van der Waals surface area contributed by atoms with Crippen LogP contribution in [0.4, 0.5) is 14.7 Å². The van der Waals surface area contributed by atoms with E-state index in [1.165, 1.54) is 19.2 Å². The number of hydrogen-bond acceptors (Lipinski definition) is 7. The fourth-order valence-electron chi connectivity index (χ4n) is 3.47. The third-order valence-electron chi connectivity index (χ3n) is 5.64. The van der Waals surface area contributed by atoms with Crippen LogP contribution >= 0.6 is 0 Å². The predicted octanol–water partition coefficient (Wildman–Crippen LogP) is 3.95. The summed E-state index contributed by atoms with van der Waals surface area (Å²) in [5, 5.41) is 6.93. The molecule has 0 aliphatic heterocycles. The van der Waals surface area contributed by atoms with Gasteiger partial charge in [-0.3, -0.25) is 19.3 Å². The molecule has 35 heavy (non-hydrogen) atoms. The molecule has 0 radical (unpaired) electrons. The van der Waals surface area contributed by atoms with Crippen molar-refractivity contribution < 1.29 is 17.2 Å². The molecular formula is C23H23F2N7O2S. The lowest BCUT2D eigenvalue weighted by molar-refractivity contribution is 0.566. The third-order valence-corrected chi connectivity index (χ3v) is 7.49. The van der Waals surface area contributed by atoms with Crippen molar-refractivity contribution in [3.05, 3.63) is 77.5 Å². The molecule has 0 unspecified atom stereocenters. The number of anilines is 1. The van der Waals surface area contributed by atoms with Crippen molar-refractivity contribution in [1.29, 1.82) is 0 Å². The molecule has 1 aromatic carbocycles. The Morgan fingerprint density at radius 2 is 1.60 bits per heavy atom. The second-order valence-electron chi connectivity index (χ2n) is 8.14. The zero-order valence-electron chi connectivity index (χ0n) is 19.4. The molecule has 0 aliphatic rings. The maximum Gasteiger partial charge on any atom is 0.243 e. The number of nitrogens with zero attached hydrogens (tertiary/aromatic N) is 6. The Hall–Kier alpha value is -3.80. The van der Waals surface area contributed by atoms with Crippen molar-refractivity contribution in [1.82, 2.24) is 29.7 Å². The first-order valence-corrected chi connectivity index (χ1v) is 12.3. The van der Waals surface area contributed by atoms with Gasteiger partial charge in [0.25, 0.3) is 0 Å². The summed E-state index contributed by atoms with van der Waals surface area (Å²) in [5.74, 6) is -2.78. The van der Waals surface area contributed by atoms with Crippen molar-refractivity contribution in [2.24, 2.45) is 0 Å². The van der Waals surface area contributed by atoms with Crippen LogP contribution in [0.2, 0.25) is 0 Å². The van der Waals surface area contributed by atoms with Crippen LogP contribution in [0.3, 0.4) is 0 Å². The van der Waals surface area contributed by atoms with Gasteiger partial charge in [-0.25, -0.2) is 22.2 Å². The van der Waals surface area contributed by atoms with E-state index in [1.54, 1.807) is 45.2 Å². The molecule has 9 nitrogen and oxygen atoms in total. The first-order chi connectivity index (χ1) is 16.6. The molecule has 4 rings (SSSR count). The molecule has 0 saturated heterocycles. The van der Waals surface area contributed by atoms with Crippen LogP contribution in [0.15, 0.2) is 48.8 Å². The van der Waals surface area contributed by atoms with E-state index in [0.717, 1.165) is 16.7 Å². The van der Waals surface area contributed by atoms with Crippen LogP contribution in [0.25, 0.3) is 17.2 Å². The van der Waals surface area contributed by atoms with E-state index >= 15 is 0 Å². The zero-order chi connectivity index (χ0) is 25.3. The molecule has 12 heteroatoms. The smallest absolute Gasteiger partial charge is 0.243 e. The van der Waals surface area contributed by atoms with Crippen LogP contribution in [0, 0.1) is 25.5 Å². The zero-order valence-corrected chi connectivity index (χ0v) is 20.3. The fraction of sp³-hybridized carbons (Fsp3) is 0.261. The number of halogens is 2. The van der Waals surface area contributed by atoms with Gasteiger partial charge in [-0.1, -0.05) is 19.1 Å². The van der Waals surface area contributed by atoms with Gasteiger partial charge in [0.05, 0.1) is 16.6 Å². The van der Waals surface area contributed by atoms with Crippen LogP contribution in [-0.4, -0.2) is 43.4 Å². The van der Waals surface area contributed by atoms with Crippen molar-refractivity contribution in [2.75, 3.05) is 4.72 Å². The molecular weight excluding hydrogens is 476 g/mol. The highest BCUT2D eigenvalue weighted by Crippen LogP contribution is 2.30. The summed E-state index contributed by atoms with van der Waals surface area (Å²) in [4.78, 5) is 12.8. The van der Waals surface area contributed by atoms with E-state index in [0.29, 0.717) is 17.1 Å². The average molecular weight is 500 g/mol. The number of benzene rings is 1. The van der Waals surface area contributed by atoms with E-state index in [9.17, 15) is 17.2 Å². The Kier molecular flexibility index (Phi) is 6.57. The summed E-state index contributed by atoms with van der Waals surface area (Å²) < 4.78 is 59.5. The molecule has 4 aromatic rings. The minimum Gasteiger partial charge on any atom is -0.258 e. The van der Waals surface area contributed by atoms with Gasteiger partial charge in [-0.15, -0.1) is 10.2 Å². The lowest BCUT2D eigenvalue weighted by Gasteiger charge is -2.21. The maximum atomic E-state index is 14.8. The van der Waals surface area contributed by atoms with Crippen LogP contribution < -0.4 is 4.72 Å². The minimum absolute atomic E-state index is 0.0273. The number of aromatic nitrogens is 6. The van der Waals surface area contributed by atoms with Gasteiger partial charge in [0.1, 0.15) is 23.0 Å². The first-order valence-electron chi connectivity index (χ1n) is 10.7. The van der Waals surface area contributed by atoms with E-state index in [-0.39, 0.29) is 17.5 Å². The molecule has 3 aromatic heterocycles. The van der Waals surface area contributed by atoms with Gasteiger partial charge in [-0.2, -0.15) is 0 Å². The van der Waals surface area contributed by atoms with E-state index in [2.05, 4.69) is 29.9 Å².